The largest absolute Gasteiger partial charge is 0.495 e. The van der Waals surface area contributed by atoms with Gasteiger partial charge in [0.05, 0.1) is 23.8 Å². The van der Waals surface area contributed by atoms with Crippen molar-refractivity contribution in [2.75, 3.05) is 7.11 Å². The molecule has 0 fully saturated rings. The first-order valence-electron chi connectivity index (χ1n) is 6.57. The minimum atomic E-state index is 0.635. The molecule has 0 aliphatic carbocycles. The lowest BCUT2D eigenvalue weighted by Gasteiger charge is -2.13. The molecule has 21 heavy (non-hydrogen) atoms. The summed E-state index contributed by atoms with van der Waals surface area (Å²) in [4.78, 5) is 3.23. The van der Waals surface area contributed by atoms with Crippen LogP contribution in [0.15, 0.2) is 30.3 Å². The summed E-state index contributed by atoms with van der Waals surface area (Å²) in [7, 11) is 1.63. The van der Waals surface area contributed by atoms with Gasteiger partial charge in [0.2, 0.25) is 0 Å². The summed E-state index contributed by atoms with van der Waals surface area (Å²) in [5.41, 5.74) is 5.08. The number of benzene rings is 2. The van der Waals surface area contributed by atoms with Gasteiger partial charge in [-0.1, -0.05) is 17.7 Å². The van der Waals surface area contributed by atoms with Crippen molar-refractivity contribution < 1.29 is 4.74 Å². The number of fused-ring (bicyclic) bond motifs is 1. The van der Waals surface area contributed by atoms with Crippen LogP contribution < -0.4 is 4.74 Å². The Kier molecular flexibility index (Phi) is 3.51. The van der Waals surface area contributed by atoms with Crippen LogP contribution >= 0.6 is 23.8 Å². The van der Waals surface area contributed by atoms with Gasteiger partial charge in [0.1, 0.15) is 5.75 Å². The number of ether oxygens (including phenoxy) is 1. The summed E-state index contributed by atoms with van der Waals surface area (Å²) >= 11 is 11.7. The lowest BCUT2D eigenvalue weighted by Crippen LogP contribution is -1.99. The van der Waals surface area contributed by atoms with Crippen molar-refractivity contribution in [1.82, 2.24) is 9.55 Å². The molecule has 0 aliphatic heterocycles. The van der Waals surface area contributed by atoms with Crippen LogP contribution in [0.25, 0.3) is 16.7 Å². The van der Waals surface area contributed by atoms with Gasteiger partial charge >= 0.3 is 0 Å². The average Bonchev–Trinajstić information content (AvgIpc) is 2.76. The molecule has 3 aromatic rings. The maximum atomic E-state index is 6.19. The van der Waals surface area contributed by atoms with Crippen LogP contribution in [0.4, 0.5) is 0 Å². The van der Waals surface area contributed by atoms with Crippen LogP contribution in [-0.4, -0.2) is 16.7 Å². The third-order valence-electron chi connectivity index (χ3n) is 3.54. The van der Waals surface area contributed by atoms with E-state index in [0.29, 0.717) is 15.5 Å². The summed E-state index contributed by atoms with van der Waals surface area (Å²) in [6.45, 7) is 4.03. The number of imidazole rings is 1. The molecular formula is C16H15ClN2OS. The number of H-pyrrole nitrogens is 1. The number of rotatable bonds is 2. The molecule has 0 aliphatic rings. The monoisotopic (exact) mass is 318 g/mol. The molecule has 0 radical (unpaired) electrons. The summed E-state index contributed by atoms with van der Waals surface area (Å²) in [6.07, 6.45) is 0. The fraction of sp³-hybridized carbons (Fsp3) is 0.188. The highest BCUT2D eigenvalue weighted by atomic mass is 35.5. The molecule has 0 atom stereocenters. The van der Waals surface area contributed by atoms with Gasteiger partial charge in [-0.05, 0) is 55.4 Å². The maximum absolute atomic E-state index is 6.19. The Bertz CT molecular complexity index is 895. The Morgan fingerprint density at radius 1 is 1.19 bits per heavy atom. The fourth-order valence-electron chi connectivity index (χ4n) is 2.44. The lowest BCUT2D eigenvalue weighted by molar-refractivity contribution is 0.413. The number of aryl methyl sites for hydroxylation is 2. The number of nitrogens with one attached hydrogen (secondary N) is 1. The molecular weight excluding hydrogens is 304 g/mol. The predicted molar refractivity (Wildman–Crippen MR) is 89.5 cm³/mol. The van der Waals surface area contributed by atoms with Gasteiger partial charge in [0.15, 0.2) is 4.77 Å². The molecule has 0 spiro atoms. The van der Waals surface area contributed by atoms with Crippen molar-refractivity contribution >= 4 is 34.9 Å². The van der Waals surface area contributed by atoms with E-state index in [4.69, 9.17) is 28.6 Å². The summed E-state index contributed by atoms with van der Waals surface area (Å²) in [6, 6.07) is 10.0. The van der Waals surface area contributed by atoms with Crippen molar-refractivity contribution in [1.29, 1.82) is 0 Å². The van der Waals surface area contributed by atoms with Gasteiger partial charge in [-0.15, -0.1) is 0 Å². The zero-order valence-corrected chi connectivity index (χ0v) is 13.6. The molecule has 0 amide bonds. The Morgan fingerprint density at radius 3 is 2.67 bits per heavy atom. The van der Waals surface area contributed by atoms with Gasteiger partial charge in [-0.2, -0.15) is 0 Å². The minimum absolute atomic E-state index is 0.635. The van der Waals surface area contributed by atoms with Crippen LogP contribution in [0.1, 0.15) is 11.1 Å². The van der Waals surface area contributed by atoms with E-state index in [0.717, 1.165) is 22.3 Å². The van der Waals surface area contributed by atoms with Crippen molar-refractivity contribution in [3.8, 4) is 11.4 Å². The second kappa shape index (κ2) is 5.20. The van der Waals surface area contributed by atoms with Crippen LogP contribution in [0, 0.1) is 18.6 Å². The van der Waals surface area contributed by atoms with Crippen LogP contribution in [0.2, 0.25) is 5.02 Å². The van der Waals surface area contributed by atoms with E-state index in [1.165, 1.54) is 5.56 Å². The number of halogens is 1. The molecule has 0 saturated heterocycles. The molecule has 1 N–H and O–H groups in total. The van der Waals surface area contributed by atoms with E-state index in [1.54, 1.807) is 7.11 Å². The molecule has 0 unspecified atom stereocenters. The molecule has 0 saturated carbocycles. The second-order valence-electron chi connectivity index (χ2n) is 5.06. The predicted octanol–water partition coefficient (Wildman–Crippen LogP) is 4.97. The molecule has 1 heterocycles. The van der Waals surface area contributed by atoms with E-state index in [9.17, 15) is 0 Å². The van der Waals surface area contributed by atoms with E-state index >= 15 is 0 Å². The number of nitrogens with zero attached hydrogens (tertiary/aromatic N) is 1. The van der Waals surface area contributed by atoms with Crippen molar-refractivity contribution in [3.05, 3.63) is 51.3 Å². The van der Waals surface area contributed by atoms with E-state index in [2.05, 4.69) is 24.0 Å². The van der Waals surface area contributed by atoms with Gasteiger partial charge < -0.3 is 9.72 Å². The number of hydrogen-bond donors (Lipinski definition) is 1. The zero-order chi connectivity index (χ0) is 15.1. The molecule has 3 rings (SSSR count). The van der Waals surface area contributed by atoms with Gasteiger partial charge in [-0.25, -0.2) is 0 Å². The Labute approximate surface area is 133 Å². The molecule has 1 aromatic heterocycles. The number of aromatic amines is 1. The molecule has 108 valence electrons. The number of hydrogen-bond acceptors (Lipinski definition) is 2. The first-order valence-corrected chi connectivity index (χ1v) is 7.36. The first-order chi connectivity index (χ1) is 10.0. The van der Waals surface area contributed by atoms with Crippen molar-refractivity contribution in [2.24, 2.45) is 0 Å². The topological polar surface area (TPSA) is 29.9 Å². The lowest BCUT2D eigenvalue weighted by atomic mass is 10.2. The van der Waals surface area contributed by atoms with E-state index < -0.39 is 0 Å². The summed E-state index contributed by atoms with van der Waals surface area (Å²) < 4.78 is 8.09. The van der Waals surface area contributed by atoms with Gasteiger partial charge in [-0.3, -0.25) is 4.57 Å². The standard InChI is InChI=1S/C16H15ClN2OS/c1-9-4-5-12-13(6-9)19(16(21)18-12)14-7-10(2)11(17)8-15(14)20-3/h4-8H,1-3H3,(H,18,21). The minimum Gasteiger partial charge on any atom is -0.495 e. The van der Waals surface area contributed by atoms with E-state index in [-0.39, 0.29) is 0 Å². The third kappa shape index (κ3) is 2.34. The average molecular weight is 319 g/mol. The van der Waals surface area contributed by atoms with Crippen molar-refractivity contribution in [3.63, 3.8) is 0 Å². The zero-order valence-electron chi connectivity index (χ0n) is 12.0. The summed E-state index contributed by atoms with van der Waals surface area (Å²) in [5, 5.41) is 0.679. The highest BCUT2D eigenvalue weighted by molar-refractivity contribution is 7.71. The van der Waals surface area contributed by atoms with Gasteiger partial charge in [0.25, 0.3) is 0 Å². The van der Waals surface area contributed by atoms with E-state index in [1.807, 2.05) is 29.7 Å². The molecule has 5 heteroatoms. The normalized spacial score (nSPS) is 11.0. The van der Waals surface area contributed by atoms with Crippen LogP contribution in [0.5, 0.6) is 5.75 Å². The first kappa shape index (κ1) is 14.2. The second-order valence-corrected chi connectivity index (χ2v) is 5.85. The fourth-order valence-corrected chi connectivity index (χ4v) is 2.90. The van der Waals surface area contributed by atoms with Crippen LogP contribution in [0.3, 0.4) is 0 Å². The Hall–Kier alpha value is -1.78. The van der Waals surface area contributed by atoms with Gasteiger partial charge in [0, 0.05) is 11.1 Å². The van der Waals surface area contributed by atoms with Crippen LogP contribution in [-0.2, 0) is 0 Å². The Morgan fingerprint density at radius 2 is 1.95 bits per heavy atom. The highest BCUT2D eigenvalue weighted by Gasteiger charge is 2.13. The maximum Gasteiger partial charge on any atom is 0.182 e. The SMILES string of the molecule is COc1cc(Cl)c(C)cc1-n1c(=S)[nH]c2ccc(C)cc21. The number of aromatic nitrogens is 2. The summed E-state index contributed by atoms with van der Waals surface area (Å²) in [5.74, 6) is 0.698. The van der Waals surface area contributed by atoms with Crippen molar-refractivity contribution in [2.45, 2.75) is 13.8 Å². The quantitative estimate of drug-likeness (QED) is 0.676. The highest BCUT2D eigenvalue weighted by Crippen LogP contribution is 2.32. The smallest absolute Gasteiger partial charge is 0.182 e. The molecule has 2 aromatic carbocycles. The molecule has 3 nitrogen and oxygen atoms in total. The third-order valence-corrected chi connectivity index (χ3v) is 4.23. The molecule has 0 bridgehead atoms. The Balaban J connectivity index is 2.40. The number of methoxy groups -OCH3 is 1.